The zero-order valence-corrected chi connectivity index (χ0v) is 23.7. The lowest BCUT2D eigenvalue weighted by atomic mass is 10.00. The van der Waals surface area contributed by atoms with Crippen LogP contribution in [0.2, 0.25) is 5.02 Å². The molecule has 0 fully saturated rings. The number of amides is 2. The topological polar surface area (TPSA) is 79.0 Å². The van der Waals surface area contributed by atoms with Crippen molar-refractivity contribution < 1.29 is 19.1 Å². The minimum atomic E-state index is -1.55. The first-order chi connectivity index (χ1) is 18.8. The second-order valence-corrected chi connectivity index (χ2v) is 9.49. The number of ether oxygens (including phenoxy) is 1. The Morgan fingerprint density at radius 3 is 2.21 bits per heavy atom. The molecule has 1 unspecified atom stereocenters. The van der Waals surface area contributed by atoms with Gasteiger partial charge in [0.2, 0.25) is 0 Å². The van der Waals surface area contributed by atoms with Gasteiger partial charge in [0.25, 0.3) is 5.91 Å². The quantitative estimate of drug-likeness (QED) is 0.148. The number of aryl methyl sites for hydroxylation is 1. The van der Waals surface area contributed by atoms with Gasteiger partial charge in [0.15, 0.2) is 11.8 Å². The van der Waals surface area contributed by atoms with Gasteiger partial charge in [-0.2, -0.15) is 0 Å². The number of benzene rings is 3. The Labute approximate surface area is 235 Å². The van der Waals surface area contributed by atoms with Crippen LogP contribution in [0.1, 0.15) is 49.5 Å². The highest BCUT2D eigenvalue weighted by Gasteiger charge is 2.39. The predicted molar refractivity (Wildman–Crippen MR) is 158 cm³/mol. The third-order valence-electron chi connectivity index (χ3n) is 6.43. The number of anilines is 3. The Balaban J connectivity index is 2.14. The van der Waals surface area contributed by atoms with Crippen molar-refractivity contribution in [2.45, 2.75) is 46.6 Å². The van der Waals surface area contributed by atoms with Gasteiger partial charge in [0.1, 0.15) is 0 Å². The largest absolute Gasteiger partial charge is 0.449 e. The summed E-state index contributed by atoms with van der Waals surface area (Å²) in [6.07, 6.45) is 0.707. The van der Waals surface area contributed by atoms with Crippen molar-refractivity contribution >= 4 is 46.4 Å². The monoisotopic (exact) mass is 549 g/mol. The third-order valence-corrected chi connectivity index (χ3v) is 6.76. The van der Waals surface area contributed by atoms with E-state index in [1.165, 1.54) is 4.90 Å². The summed E-state index contributed by atoms with van der Waals surface area (Å²) in [6, 6.07) is 19.2. The number of rotatable bonds is 12. The van der Waals surface area contributed by atoms with Crippen LogP contribution >= 0.6 is 11.6 Å². The summed E-state index contributed by atoms with van der Waals surface area (Å²) in [4.78, 5) is 44.8. The molecule has 39 heavy (non-hydrogen) atoms. The predicted octanol–water partition coefficient (Wildman–Crippen LogP) is 7.13. The molecule has 7 nitrogen and oxygen atoms in total. The minimum absolute atomic E-state index is 0.167. The molecule has 0 aliphatic carbocycles. The molecule has 0 aromatic heterocycles. The fourth-order valence-electron chi connectivity index (χ4n) is 4.29. The average Bonchev–Trinajstić information content (AvgIpc) is 2.94. The molecule has 1 N–H and O–H groups in total. The molecule has 0 aliphatic rings. The van der Waals surface area contributed by atoms with Gasteiger partial charge in [-0.05, 0) is 63.1 Å². The van der Waals surface area contributed by atoms with Crippen LogP contribution in [0.4, 0.5) is 21.9 Å². The van der Waals surface area contributed by atoms with Crippen LogP contribution in [0.3, 0.4) is 0 Å². The highest BCUT2D eigenvalue weighted by atomic mass is 35.5. The number of unbranched alkanes of at least 4 members (excludes halogenated alkanes) is 1. The van der Waals surface area contributed by atoms with E-state index < -0.39 is 23.8 Å². The maximum atomic E-state index is 13.9. The summed E-state index contributed by atoms with van der Waals surface area (Å²) < 4.78 is 5.58. The van der Waals surface area contributed by atoms with E-state index in [1.54, 1.807) is 60.7 Å². The normalized spacial score (nSPS) is 11.4. The average molecular weight is 550 g/mol. The number of carbonyl (C=O) groups excluding carboxylic acids is 3. The standard InChI is InChI=1S/C31H36ClN3O4/c1-5-8-20-39-31(38)35(27-19-18-24(21-22(27)4)34(6-2)7-3)28(29(36)23-14-10-9-11-15-23)30(37)33-26-17-13-12-16-25(26)32/h9-19,21,28H,5-8,20H2,1-4H3,(H,33,37). The van der Waals surface area contributed by atoms with Crippen molar-refractivity contribution in [2.75, 3.05) is 34.8 Å². The minimum Gasteiger partial charge on any atom is -0.449 e. The van der Waals surface area contributed by atoms with E-state index in [2.05, 4.69) is 24.1 Å². The fourth-order valence-corrected chi connectivity index (χ4v) is 4.47. The molecule has 1 atom stereocenters. The zero-order chi connectivity index (χ0) is 28.4. The first-order valence-electron chi connectivity index (χ1n) is 13.3. The van der Waals surface area contributed by atoms with Gasteiger partial charge in [0.05, 0.1) is 23.0 Å². The van der Waals surface area contributed by atoms with Gasteiger partial charge in [-0.3, -0.25) is 14.5 Å². The lowest BCUT2D eigenvalue weighted by molar-refractivity contribution is -0.116. The molecule has 0 spiro atoms. The van der Waals surface area contributed by atoms with Crippen molar-refractivity contribution in [3.63, 3.8) is 0 Å². The maximum Gasteiger partial charge on any atom is 0.415 e. The second kappa shape index (κ2) is 14.4. The number of Topliss-reactive ketones (excluding diaryl/α,β-unsaturated/α-hetero) is 1. The van der Waals surface area contributed by atoms with Crippen molar-refractivity contribution in [1.82, 2.24) is 0 Å². The van der Waals surface area contributed by atoms with Gasteiger partial charge in [-0.15, -0.1) is 0 Å². The van der Waals surface area contributed by atoms with E-state index in [0.717, 1.165) is 30.8 Å². The van der Waals surface area contributed by atoms with Crippen LogP contribution in [0.5, 0.6) is 0 Å². The summed E-state index contributed by atoms with van der Waals surface area (Å²) in [5, 5.41) is 3.06. The Morgan fingerprint density at radius 1 is 0.923 bits per heavy atom. The summed E-state index contributed by atoms with van der Waals surface area (Å²) in [6.45, 7) is 9.77. The molecule has 0 radical (unpaired) electrons. The Hall–Kier alpha value is -3.84. The molecule has 0 aliphatic heterocycles. The van der Waals surface area contributed by atoms with Crippen LogP contribution in [0.15, 0.2) is 72.8 Å². The molecule has 0 bridgehead atoms. The van der Waals surface area contributed by atoms with Crippen LogP contribution in [0.25, 0.3) is 0 Å². The lowest BCUT2D eigenvalue weighted by Crippen LogP contribution is -2.53. The third kappa shape index (κ3) is 7.39. The molecular formula is C31H36ClN3O4. The molecule has 3 aromatic carbocycles. The van der Waals surface area contributed by atoms with Crippen LogP contribution in [-0.4, -0.2) is 43.5 Å². The van der Waals surface area contributed by atoms with Crippen molar-refractivity contribution in [3.8, 4) is 0 Å². The Bertz CT molecular complexity index is 1280. The van der Waals surface area contributed by atoms with Gasteiger partial charge in [0, 0.05) is 24.3 Å². The first kappa shape index (κ1) is 29.7. The molecule has 2 amide bonds. The van der Waals surface area contributed by atoms with Gasteiger partial charge >= 0.3 is 6.09 Å². The number of para-hydroxylation sites is 1. The van der Waals surface area contributed by atoms with Crippen LogP contribution in [-0.2, 0) is 9.53 Å². The van der Waals surface area contributed by atoms with Crippen molar-refractivity contribution in [2.24, 2.45) is 0 Å². The lowest BCUT2D eigenvalue weighted by Gasteiger charge is -2.31. The SMILES string of the molecule is CCCCOC(=O)N(c1ccc(N(CC)CC)cc1C)C(C(=O)Nc1ccccc1Cl)C(=O)c1ccccc1. The number of hydrogen-bond donors (Lipinski definition) is 1. The second-order valence-electron chi connectivity index (χ2n) is 9.08. The number of carbonyl (C=O) groups is 3. The molecule has 0 saturated carbocycles. The van der Waals surface area contributed by atoms with E-state index >= 15 is 0 Å². The summed E-state index contributed by atoms with van der Waals surface area (Å²) in [5.41, 5.74) is 2.75. The molecule has 3 rings (SSSR count). The molecule has 0 heterocycles. The highest BCUT2D eigenvalue weighted by molar-refractivity contribution is 6.34. The van der Waals surface area contributed by atoms with Crippen molar-refractivity contribution in [1.29, 1.82) is 0 Å². The van der Waals surface area contributed by atoms with Crippen molar-refractivity contribution in [3.05, 3.63) is 88.9 Å². The van der Waals surface area contributed by atoms with E-state index in [1.807, 2.05) is 26.0 Å². The number of ketones is 1. The Morgan fingerprint density at radius 2 is 1.59 bits per heavy atom. The fraction of sp³-hybridized carbons (Fsp3) is 0.323. The highest BCUT2D eigenvalue weighted by Crippen LogP contribution is 2.30. The maximum absolute atomic E-state index is 13.9. The Kier molecular flexibility index (Phi) is 10.9. The number of nitrogens with one attached hydrogen (secondary N) is 1. The molecule has 0 saturated heterocycles. The van der Waals surface area contributed by atoms with Crippen LogP contribution in [0, 0.1) is 6.92 Å². The molecule has 8 heteroatoms. The number of halogens is 1. The van der Waals surface area contributed by atoms with Gasteiger partial charge in [-0.1, -0.05) is 67.4 Å². The van der Waals surface area contributed by atoms with E-state index in [-0.39, 0.29) is 6.61 Å². The number of hydrogen-bond acceptors (Lipinski definition) is 5. The summed E-state index contributed by atoms with van der Waals surface area (Å²) >= 11 is 6.30. The zero-order valence-electron chi connectivity index (χ0n) is 22.9. The molecule has 206 valence electrons. The van der Waals surface area contributed by atoms with Crippen LogP contribution < -0.4 is 15.1 Å². The summed E-state index contributed by atoms with van der Waals surface area (Å²) in [7, 11) is 0. The first-order valence-corrected chi connectivity index (χ1v) is 13.7. The van der Waals surface area contributed by atoms with E-state index in [4.69, 9.17) is 16.3 Å². The van der Waals surface area contributed by atoms with E-state index in [0.29, 0.717) is 28.4 Å². The smallest absolute Gasteiger partial charge is 0.415 e. The summed E-state index contributed by atoms with van der Waals surface area (Å²) in [5.74, 6) is -1.24. The number of nitrogens with zero attached hydrogens (tertiary/aromatic N) is 2. The molecule has 3 aromatic rings. The van der Waals surface area contributed by atoms with E-state index in [9.17, 15) is 14.4 Å². The molecular weight excluding hydrogens is 514 g/mol. The van der Waals surface area contributed by atoms with Gasteiger partial charge in [-0.25, -0.2) is 4.79 Å². The van der Waals surface area contributed by atoms with Gasteiger partial charge < -0.3 is 15.0 Å².